The SMILES string of the molecule is O=C(O)N(c1cccc(OCCCCCCCCCNCCc2ccc(O)c3[nH]c(=O)sc23)c1)[C@@H](c1ccccc1)C1CN2CCC1CC2. The third-order valence-corrected chi connectivity index (χ3v) is 11.3. The highest BCUT2D eigenvalue weighted by molar-refractivity contribution is 7.16. The zero-order valence-electron chi connectivity index (χ0n) is 28.3. The van der Waals surface area contributed by atoms with Gasteiger partial charge in [0.1, 0.15) is 17.0 Å². The van der Waals surface area contributed by atoms with Gasteiger partial charge in [-0.1, -0.05) is 85.9 Å². The number of anilines is 1. The topological polar surface area (TPSA) is 118 Å². The first-order chi connectivity index (χ1) is 24.0. The van der Waals surface area contributed by atoms with E-state index in [1.54, 1.807) is 11.0 Å². The number of benzene rings is 3. The number of hydrogen-bond acceptors (Lipinski definition) is 7. The molecule has 4 N–H and O–H groups in total. The van der Waals surface area contributed by atoms with Crippen molar-refractivity contribution in [2.75, 3.05) is 44.2 Å². The van der Waals surface area contributed by atoms with E-state index >= 15 is 0 Å². The van der Waals surface area contributed by atoms with E-state index in [4.69, 9.17) is 4.74 Å². The number of nitrogens with zero attached hydrogens (tertiary/aromatic N) is 2. The van der Waals surface area contributed by atoms with Crippen molar-refractivity contribution in [2.24, 2.45) is 11.8 Å². The average Bonchev–Trinajstić information content (AvgIpc) is 3.53. The first-order valence-electron chi connectivity index (χ1n) is 18.0. The summed E-state index contributed by atoms with van der Waals surface area (Å²) >= 11 is 1.16. The van der Waals surface area contributed by atoms with Crippen molar-refractivity contribution in [3.05, 3.63) is 87.5 Å². The molecule has 3 aliphatic rings. The second-order valence-corrected chi connectivity index (χ2v) is 14.6. The van der Waals surface area contributed by atoms with Crippen molar-refractivity contribution in [1.29, 1.82) is 0 Å². The number of phenols is 1. The fourth-order valence-corrected chi connectivity index (χ4v) is 8.66. The number of piperidine rings is 3. The molecule has 9 nitrogen and oxygen atoms in total. The van der Waals surface area contributed by atoms with Crippen LogP contribution in [-0.4, -0.2) is 65.5 Å². The molecule has 3 aliphatic heterocycles. The van der Waals surface area contributed by atoms with E-state index in [1.165, 1.54) is 25.7 Å². The molecule has 0 spiro atoms. The van der Waals surface area contributed by atoms with Crippen LogP contribution in [0.1, 0.15) is 75.0 Å². The number of thiazole rings is 1. The van der Waals surface area contributed by atoms with Gasteiger partial charge in [0.15, 0.2) is 0 Å². The van der Waals surface area contributed by atoms with Crippen LogP contribution in [0.15, 0.2) is 71.5 Å². The molecular formula is C39H50N4O5S. The number of unbranched alkanes of at least 4 members (excludes halogenated alkanes) is 6. The van der Waals surface area contributed by atoms with Gasteiger partial charge >= 0.3 is 11.0 Å². The summed E-state index contributed by atoms with van der Waals surface area (Å²) in [6.45, 7) is 5.61. The Bertz CT molecular complexity index is 1700. The number of carboxylic acid groups (broad SMARTS) is 1. The van der Waals surface area contributed by atoms with Crippen molar-refractivity contribution in [2.45, 2.75) is 70.3 Å². The Morgan fingerprint density at radius 2 is 1.71 bits per heavy atom. The van der Waals surface area contributed by atoms with Crippen LogP contribution in [0.3, 0.4) is 0 Å². The number of hydrogen-bond donors (Lipinski definition) is 4. The van der Waals surface area contributed by atoms with E-state index in [2.05, 4.69) is 27.3 Å². The van der Waals surface area contributed by atoms with Crippen LogP contribution in [-0.2, 0) is 6.42 Å². The first-order valence-corrected chi connectivity index (χ1v) is 18.9. The van der Waals surface area contributed by atoms with Crippen LogP contribution in [0.4, 0.5) is 10.5 Å². The van der Waals surface area contributed by atoms with E-state index in [-0.39, 0.29) is 22.6 Å². The van der Waals surface area contributed by atoms with Crippen LogP contribution >= 0.6 is 11.3 Å². The summed E-state index contributed by atoms with van der Waals surface area (Å²) < 4.78 is 6.99. The Morgan fingerprint density at radius 3 is 2.45 bits per heavy atom. The molecule has 2 atom stereocenters. The number of aromatic hydroxyl groups is 1. The Labute approximate surface area is 292 Å². The lowest BCUT2D eigenvalue weighted by atomic mass is 9.73. The summed E-state index contributed by atoms with van der Waals surface area (Å²) in [6.07, 6.45) is 10.2. The van der Waals surface area contributed by atoms with Gasteiger partial charge in [-0.3, -0.25) is 9.69 Å². The third kappa shape index (κ3) is 9.04. The van der Waals surface area contributed by atoms with Gasteiger partial charge in [-0.15, -0.1) is 0 Å². The van der Waals surface area contributed by atoms with Crippen molar-refractivity contribution in [3.8, 4) is 11.5 Å². The van der Waals surface area contributed by atoms with Crippen LogP contribution < -0.4 is 19.8 Å². The minimum atomic E-state index is -0.925. The molecule has 7 rings (SSSR count). The van der Waals surface area contributed by atoms with Crippen molar-refractivity contribution in [3.63, 3.8) is 0 Å². The highest BCUT2D eigenvalue weighted by atomic mass is 32.1. The molecule has 3 fully saturated rings. The monoisotopic (exact) mass is 686 g/mol. The number of carbonyl (C=O) groups is 1. The van der Waals surface area contributed by atoms with Crippen molar-refractivity contribution in [1.82, 2.24) is 15.2 Å². The van der Waals surface area contributed by atoms with Gasteiger partial charge in [0.25, 0.3) is 0 Å². The summed E-state index contributed by atoms with van der Waals surface area (Å²) in [5.74, 6) is 1.63. The zero-order valence-corrected chi connectivity index (χ0v) is 29.1. The summed E-state index contributed by atoms with van der Waals surface area (Å²) in [4.78, 5) is 31.3. The molecule has 1 aromatic heterocycles. The fraction of sp³-hybridized carbons (Fsp3) is 0.487. The van der Waals surface area contributed by atoms with E-state index in [1.807, 2.05) is 48.5 Å². The van der Waals surface area contributed by atoms with E-state index in [0.717, 1.165) is 104 Å². The molecule has 1 amide bonds. The number of aromatic nitrogens is 1. The lowest BCUT2D eigenvalue weighted by Crippen LogP contribution is -2.53. The highest BCUT2D eigenvalue weighted by Crippen LogP contribution is 2.44. The van der Waals surface area contributed by atoms with Gasteiger partial charge in [0.2, 0.25) is 0 Å². The second-order valence-electron chi connectivity index (χ2n) is 13.6. The number of phenolic OH excluding ortho intramolecular Hbond substituents is 1. The molecule has 4 aromatic rings. The van der Waals surface area contributed by atoms with Crippen LogP contribution in [0.5, 0.6) is 11.5 Å². The minimum absolute atomic E-state index is 0.124. The predicted octanol–water partition coefficient (Wildman–Crippen LogP) is 7.80. The van der Waals surface area contributed by atoms with Gasteiger partial charge in [-0.25, -0.2) is 4.79 Å². The summed E-state index contributed by atoms with van der Waals surface area (Å²) in [5, 5.41) is 24.0. The van der Waals surface area contributed by atoms with Gasteiger partial charge in [0.05, 0.1) is 23.0 Å². The second kappa shape index (κ2) is 17.2. The maximum absolute atomic E-state index is 12.9. The third-order valence-electron chi connectivity index (χ3n) is 10.3. The van der Waals surface area contributed by atoms with E-state index in [0.29, 0.717) is 23.7 Å². The van der Waals surface area contributed by atoms with Crippen molar-refractivity contribution >= 4 is 33.3 Å². The van der Waals surface area contributed by atoms with Crippen LogP contribution in [0.2, 0.25) is 0 Å². The molecule has 0 saturated carbocycles. The number of H-pyrrole nitrogens is 1. The van der Waals surface area contributed by atoms with Gasteiger partial charge in [0, 0.05) is 12.6 Å². The average molecular weight is 687 g/mol. The predicted molar refractivity (Wildman–Crippen MR) is 197 cm³/mol. The molecule has 0 aliphatic carbocycles. The molecule has 1 unspecified atom stereocenters. The number of aromatic amines is 1. The van der Waals surface area contributed by atoms with Crippen molar-refractivity contribution < 1.29 is 19.7 Å². The molecular weight excluding hydrogens is 637 g/mol. The Kier molecular flexibility index (Phi) is 12.3. The standard InChI is InChI=1S/C39H50N4O5S/c44-34-17-16-30(37-35(34)41-38(45)49-37)18-22-40-21-9-4-2-1-3-5-10-25-48-32-15-11-14-31(26-32)43(39(46)47)36(29-12-7-6-8-13-29)33-27-42-23-19-28(33)20-24-42/h6-8,11-17,26,28,33,36,40,44H,1-5,9-10,18-25,27H2,(H,41,45)(H,46,47)/t33?,36-/m0/s1. The van der Waals surface area contributed by atoms with Gasteiger partial charge < -0.3 is 30.2 Å². The summed E-state index contributed by atoms with van der Waals surface area (Å²) in [7, 11) is 0. The van der Waals surface area contributed by atoms with Gasteiger partial charge in [-0.2, -0.15) is 0 Å². The quantitative estimate of drug-likeness (QED) is 0.0789. The van der Waals surface area contributed by atoms with Gasteiger partial charge in [-0.05, 0) is 99.4 Å². The van der Waals surface area contributed by atoms with E-state index in [9.17, 15) is 19.8 Å². The molecule has 262 valence electrons. The fourth-order valence-electron chi connectivity index (χ4n) is 7.76. The number of amides is 1. The molecule has 49 heavy (non-hydrogen) atoms. The highest BCUT2D eigenvalue weighted by Gasteiger charge is 2.43. The Hall–Kier alpha value is -3.86. The Morgan fingerprint density at radius 1 is 0.959 bits per heavy atom. The largest absolute Gasteiger partial charge is 0.506 e. The molecule has 2 bridgehead atoms. The lowest BCUT2D eigenvalue weighted by Gasteiger charge is -2.49. The normalized spacial score (nSPS) is 19.2. The summed E-state index contributed by atoms with van der Waals surface area (Å²) in [6, 6.07) is 21.1. The minimum Gasteiger partial charge on any atom is -0.506 e. The molecule has 3 aromatic carbocycles. The van der Waals surface area contributed by atoms with E-state index < -0.39 is 6.09 Å². The number of nitrogens with one attached hydrogen (secondary N) is 2. The maximum atomic E-state index is 12.9. The number of rotatable bonds is 18. The molecule has 3 saturated heterocycles. The summed E-state index contributed by atoms with van der Waals surface area (Å²) in [5.41, 5.74) is 3.35. The smallest absolute Gasteiger partial charge is 0.412 e. The molecule has 0 radical (unpaired) electrons. The Balaban J connectivity index is 0.892. The number of ether oxygens (including phenoxy) is 1. The first kappa shape index (κ1) is 35.0. The molecule has 10 heteroatoms. The molecule has 4 heterocycles. The maximum Gasteiger partial charge on any atom is 0.412 e. The van der Waals surface area contributed by atoms with Crippen LogP contribution in [0, 0.1) is 11.8 Å². The van der Waals surface area contributed by atoms with Crippen LogP contribution in [0.25, 0.3) is 10.2 Å². The zero-order chi connectivity index (χ0) is 34.0. The number of fused-ring (bicyclic) bond motifs is 4. The lowest BCUT2D eigenvalue weighted by molar-refractivity contribution is 0.0358.